The molecular formula is C6H15NO3S. The minimum absolute atomic E-state index is 0.439. The third-order valence-corrected chi connectivity index (χ3v) is 3.06. The largest absolute Gasteiger partial charge is 0.385 e. The Labute approximate surface area is 67.8 Å². The van der Waals surface area contributed by atoms with Crippen LogP contribution in [0.3, 0.4) is 0 Å². The average Bonchev–Trinajstić information content (AvgIpc) is 1.87. The van der Waals surface area contributed by atoms with Crippen LogP contribution in [0.2, 0.25) is 0 Å². The number of hydrogen-bond donors (Lipinski definition) is 1. The average molecular weight is 181 g/mol. The van der Waals surface area contributed by atoms with Gasteiger partial charge >= 0.3 is 0 Å². The molecule has 1 unspecified atom stereocenters. The van der Waals surface area contributed by atoms with Crippen LogP contribution in [0.15, 0.2) is 0 Å². The van der Waals surface area contributed by atoms with E-state index in [-0.39, 0.29) is 0 Å². The van der Waals surface area contributed by atoms with Crippen molar-refractivity contribution in [3.8, 4) is 0 Å². The number of primary sulfonamides is 1. The topological polar surface area (TPSA) is 69.4 Å². The van der Waals surface area contributed by atoms with E-state index in [0.29, 0.717) is 19.4 Å². The van der Waals surface area contributed by atoms with Crippen molar-refractivity contribution in [2.45, 2.75) is 25.0 Å². The smallest absolute Gasteiger partial charge is 0.212 e. The Morgan fingerprint density at radius 1 is 1.55 bits per heavy atom. The van der Waals surface area contributed by atoms with Crippen LogP contribution in [-0.2, 0) is 14.8 Å². The summed E-state index contributed by atoms with van der Waals surface area (Å²) in [6, 6.07) is 0. The SMILES string of the molecule is CCC(CCOC)S(N)(=O)=O. The maximum absolute atomic E-state index is 10.8. The Kier molecular flexibility index (Phi) is 4.63. The van der Waals surface area contributed by atoms with E-state index in [1.54, 1.807) is 6.92 Å². The van der Waals surface area contributed by atoms with Crippen molar-refractivity contribution >= 4 is 10.0 Å². The number of hydrogen-bond acceptors (Lipinski definition) is 3. The van der Waals surface area contributed by atoms with Crippen LogP contribution < -0.4 is 5.14 Å². The number of methoxy groups -OCH3 is 1. The fraction of sp³-hybridized carbons (Fsp3) is 1.00. The quantitative estimate of drug-likeness (QED) is 0.653. The number of nitrogens with two attached hydrogens (primary N) is 1. The van der Waals surface area contributed by atoms with Crippen molar-refractivity contribution in [1.82, 2.24) is 0 Å². The van der Waals surface area contributed by atoms with Crippen LogP contribution in [0.4, 0.5) is 0 Å². The molecule has 4 nitrogen and oxygen atoms in total. The predicted molar refractivity (Wildman–Crippen MR) is 43.7 cm³/mol. The molecule has 0 aliphatic rings. The molecule has 1 atom stereocenters. The zero-order valence-electron chi connectivity index (χ0n) is 6.91. The standard InChI is InChI=1S/C6H15NO3S/c1-3-6(4-5-10-2)11(7,8)9/h6H,3-5H2,1-2H3,(H2,7,8,9). The molecule has 0 aliphatic heterocycles. The molecule has 0 rings (SSSR count). The normalized spacial score (nSPS) is 14.8. The molecule has 0 radical (unpaired) electrons. The Bertz CT molecular complexity index is 188. The molecule has 0 aromatic heterocycles. The van der Waals surface area contributed by atoms with Crippen molar-refractivity contribution < 1.29 is 13.2 Å². The maximum Gasteiger partial charge on any atom is 0.212 e. The first-order chi connectivity index (χ1) is 5.02. The number of sulfonamides is 1. The molecule has 0 saturated carbocycles. The van der Waals surface area contributed by atoms with Gasteiger partial charge in [0.1, 0.15) is 0 Å². The second kappa shape index (κ2) is 4.69. The number of rotatable bonds is 5. The molecule has 0 saturated heterocycles. The van der Waals surface area contributed by atoms with Gasteiger partial charge in [0.2, 0.25) is 10.0 Å². The van der Waals surface area contributed by atoms with Crippen molar-refractivity contribution in [3.05, 3.63) is 0 Å². The number of ether oxygens (including phenoxy) is 1. The highest BCUT2D eigenvalue weighted by molar-refractivity contribution is 7.89. The Balaban J connectivity index is 3.97. The summed E-state index contributed by atoms with van der Waals surface area (Å²) in [6.07, 6.45) is 1.02. The van der Waals surface area contributed by atoms with Gasteiger partial charge in [0.25, 0.3) is 0 Å². The highest BCUT2D eigenvalue weighted by atomic mass is 32.2. The molecule has 0 bridgehead atoms. The molecule has 11 heavy (non-hydrogen) atoms. The minimum Gasteiger partial charge on any atom is -0.385 e. The zero-order chi connectivity index (χ0) is 8.91. The van der Waals surface area contributed by atoms with Crippen LogP contribution in [0, 0.1) is 0 Å². The lowest BCUT2D eigenvalue weighted by Gasteiger charge is -2.10. The summed E-state index contributed by atoms with van der Waals surface area (Å²) in [6.45, 7) is 2.24. The van der Waals surface area contributed by atoms with E-state index in [4.69, 9.17) is 9.88 Å². The van der Waals surface area contributed by atoms with Gasteiger partial charge in [-0.1, -0.05) is 6.92 Å². The van der Waals surface area contributed by atoms with Crippen molar-refractivity contribution in [2.24, 2.45) is 5.14 Å². The van der Waals surface area contributed by atoms with Gasteiger partial charge in [0.05, 0.1) is 5.25 Å². The van der Waals surface area contributed by atoms with Gasteiger partial charge in [0, 0.05) is 13.7 Å². The third-order valence-electron chi connectivity index (χ3n) is 1.56. The second-order valence-electron chi connectivity index (χ2n) is 2.40. The van der Waals surface area contributed by atoms with E-state index >= 15 is 0 Å². The monoisotopic (exact) mass is 181 g/mol. The third kappa shape index (κ3) is 4.34. The van der Waals surface area contributed by atoms with Gasteiger partial charge in [0.15, 0.2) is 0 Å². The lowest BCUT2D eigenvalue weighted by Crippen LogP contribution is -2.28. The molecule has 0 aromatic carbocycles. The maximum atomic E-state index is 10.8. The molecule has 2 N–H and O–H groups in total. The summed E-state index contributed by atoms with van der Waals surface area (Å²) in [4.78, 5) is 0. The first-order valence-electron chi connectivity index (χ1n) is 3.53. The molecule has 0 spiro atoms. The van der Waals surface area contributed by atoms with Gasteiger partial charge in [-0.15, -0.1) is 0 Å². The summed E-state index contributed by atoms with van der Waals surface area (Å²) in [5, 5.41) is 4.49. The van der Waals surface area contributed by atoms with Gasteiger partial charge < -0.3 is 4.74 Å². The van der Waals surface area contributed by atoms with Crippen LogP contribution in [0.25, 0.3) is 0 Å². The predicted octanol–water partition coefficient (Wildman–Crippen LogP) is 0.0900. The first-order valence-corrected chi connectivity index (χ1v) is 5.13. The summed E-state index contributed by atoms with van der Waals surface area (Å²) in [5.74, 6) is 0. The highest BCUT2D eigenvalue weighted by Crippen LogP contribution is 2.06. The Morgan fingerprint density at radius 2 is 2.09 bits per heavy atom. The summed E-state index contributed by atoms with van der Waals surface area (Å²) >= 11 is 0. The Morgan fingerprint density at radius 3 is 2.36 bits per heavy atom. The molecule has 0 amide bonds. The Hall–Kier alpha value is -0.130. The van der Waals surface area contributed by atoms with Crippen LogP contribution in [-0.4, -0.2) is 27.4 Å². The lowest BCUT2D eigenvalue weighted by molar-refractivity contribution is 0.193. The van der Waals surface area contributed by atoms with E-state index in [1.165, 1.54) is 7.11 Å². The van der Waals surface area contributed by atoms with Gasteiger partial charge in [-0.05, 0) is 12.8 Å². The van der Waals surface area contributed by atoms with Crippen molar-refractivity contribution in [3.63, 3.8) is 0 Å². The minimum atomic E-state index is -3.37. The van der Waals surface area contributed by atoms with E-state index in [2.05, 4.69) is 0 Å². The molecule has 0 aliphatic carbocycles. The van der Waals surface area contributed by atoms with Crippen molar-refractivity contribution in [1.29, 1.82) is 0 Å². The summed E-state index contributed by atoms with van der Waals surface area (Å²) in [7, 11) is -1.83. The summed E-state index contributed by atoms with van der Waals surface area (Å²) in [5.41, 5.74) is 0. The van der Waals surface area contributed by atoms with Crippen LogP contribution in [0.5, 0.6) is 0 Å². The van der Waals surface area contributed by atoms with E-state index < -0.39 is 15.3 Å². The van der Waals surface area contributed by atoms with Gasteiger partial charge in [-0.3, -0.25) is 0 Å². The molecule has 0 fully saturated rings. The van der Waals surface area contributed by atoms with Crippen LogP contribution >= 0.6 is 0 Å². The molecule has 5 heteroatoms. The summed E-state index contributed by atoms with van der Waals surface area (Å²) < 4.78 is 26.3. The highest BCUT2D eigenvalue weighted by Gasteiger charge is 2.18. The molecular weight excluding hydrogens is 166 g/mol. The zero-order valence-corrected chi connectivity index (χ0v) is 7.73. The molecule has 68 valence electrons. The molecule has 0 aromatic rings. The lowest BCUT2D eigenvalue weighted by atomic mass is 10.2. The fourth-order valence-electron chi connectivity index (χ4n) is 0.850. The van der Waals surface area contributed by atoms with Gasteiger partial charge in [-0.25, -0.2) is 13.6 Å². The molecule has 0 heterocycles. The first kappa shape index (κ1) is 10.9. The van der Waals surface area contributed by atoms with E-state index in [0.717, 1.165) is 0 Å². The fourth-order valence-corrected chi connectivity index (χ4v) is 1.74. The van der Waals surface area contributed by atoms with Gasteiger partial charge in [-0.2, -0.15) is 0 Å². The van der Waals surface area contributed by atoms with Crippen LogP contribution in [0.1, 0.15) is 19.8 Å². The second-order valence-corrected chi connectivity index (χ2v) is 4.25. The van der Waals surface area contributed by atoms with Crippen molar-refractivity contribution in [2.75, 3.05) is 13.7 Å². The van der Waals surface area contributed by atoms with E-state index in [9.17, 15) is 8.42 Å². The van der Waals surface area contributed by atoms with E-state index in [1.807, 2.05) is 0 Å².